The molecule has 17 heavy (non-hydrogen) atoms. The summed E-state index contributed by atoms with van der Waals surface area (Å²) in [7, 11) is 3.34. The Kier molecular flexibility index (Phi) is 4.54. The summed E-state index contributed by atoms with van der Waals surface area (Å²) in [5.74, 6) is 0.597. The second-order valence-corrected chi connectivity index (χ2v) is 5.03. The first-order chi connectivity index (χ1) is 7.90. The largest absolute Gasteiger partial charge is 0.497 e. The van der Waals surface area contributed by atoms with Crippen molar-refractivity contribution < 1.29 is 9.53 Å². The highest BCUT2D eigenvalue weighted by molar-refractivity contribution is 9.10. The lowest BCUT2D eigenvalue weighted by atomic mass is 10.1. The topological polar surface area (TPSA) is 50.4 Å². The molecule has 1 aromatic rings. The summed E-state index contributed by atoms with van der Waals surface area (Å²) in [6.45, 7) is 3.63. The van der Waals surface area contributed by atoms with Gasteiger partial charge in [-0.3, -0.25) is 4.79 Å². The van der Waals surface area contributed by atoms with E-state index in [1.54, 1.807) is 20.2 Å². The summed E-state index contributed by atoms with van der Waals surface area (Å²) in [4.78, 5) is 12.0. The first-order valence-corrected chi connectivity index (χ1v) is 6.04. The molecule has 1 rings (SSSR count). The van der Waals surface area contributed by atoms with Crippen molar-refractivity contribution in [2.24, 2.45) is 0 Å². The van der Waals surface area contributed by atoms with Gasteiger partial charge in [-0.1, -0.05) is 0 Å². The van der Waals surface area contributed by atoms with Crippen molar-refractivity contribution in [3.8, 4) is 5.75 Å². The molecule has 0 aliphatic heterocycles. The van der Waals surface area contributed by atoms with E-state index in [-0.39, 0.29) is 5.91 Å². The number of carbonyl (C=O) groups is 1. The van der Waals surface area contributed by atoms with Crippen LogP contribution in [0.1, 0.15) is 13.8 Å². The van der Waals surface area contributed by atoms with Crippen molar-refractivity contribution in [1.82, 2.24) is 5.32 Å². The van der Waals surface area contributed by atoms with Crippen molar-refractivity contribution in [1.29, 1.82) is 0 Å². The minimum atomic E-state index is -0.623. The van der Waals surface area contributed by atoms with Crippen molar-refractivity contribution in [3.63, 3.8) is 0 Å². The van der Waals surface area contributed by atoms with Crippen LogP contribution in [0.3, 0.4) is 0 Å². The third-order valence-electron chi connectivity index (χ3n) is 2.61. The normalized spacial score (nSPS) is 11.1. The lowest BCUT2D eigenvalue weighted by Crippen LogP contribution is -2.47. The summed E-state index contributed by atoms with van der Waals surface area (Å²) in [6, 6.07) is 5.43. The molecule has 0 spiro atoms. The number of hydrogen-bond acceptors (Lipinski definition) is 3. The van der Waals surface area contributed by atoms with E-state index in [0.717, 1.165) is 4.47 Å². The van der Waals surface area contributed by atoms with Gasteiger partial charge in [0.25, 0.3) is 0 Å². The molecular formula is C12H17BrN2O2. The first kappa shape index (κ1) is 14.0. The molecular weight excluding hydrogens is 284 g/mol. The van der Waals surface area contributed by atoms with Gasteiger partial charge in [-0.15, -0.1) is 0 Å². The van der Waals surface area contributed by atoms with Crippen LogP contribution in [-0.2, 0) is 4.79 Å². The SMILES string of the molecule is CNC(C)(C)C(=O)Nc1cc(OC)ccc1Br. The number of halogens is 1. The van der Waals surface area contributed by atoms with Crippen LogP contribution >= 0.6 is 15.9 Å². The van der Waals surface area contributed by atoms with Crippen molar-refractivity contribution >= 4 is 27.5 Å². The highest BCUT2D eigenvalue weighted by Crippen LogP contribution is 2.27. The molecule has 0 atom stereocenters. The van der Waals surface area contributed by atoms with Gasteiger partial charge in [0.05, 0.1) is 18.3 Å². The number of methoxy groups -OCH3 is 1. The quantitative estimate of drug-likeness (QED) is 0.898. The number of likely N-dealkylation sites (N-methyl/N-ethyl adjacent to an activating group) is 1. The Hall–Kier alpha value is -1.07. The van der Waals surface area contributed by atoms with Crippen LogP contribution in [-0.4, -0.2) is 25.6 Å². The van der Waals surface area contributed by atoms with Crippen molar-refractivity contribution in [2.75, 3.05) is 19.5 Å². The molecule has 2 N–H and O–H groups in total. The number of anilines is 1. The highest BCUT2D eigenvalue weighted by atomic mass is 79.9. The zero-order valence-electron chi connectivity index (χ0n) is 10.4. The van der Waals surface area contributed by atoms with Crippen LogP contribution in [0.2, 0.25) is 0 Å². The Morgan fingerprint density at radius 3 is 2.59 bits per heavy atom. The number of rotatable bonds is 4. The summed E-state index contributed by atoms with van der Waals surface area (Å²) >= 11 is 3.39. The Morgan fingerprint density at radius 2 is 2.06 bits per heavy atom. The maximum Gasteiger partial charge on any atom is 0.244 e. The van der Waals surface area contributed by atoms with Crippen LogP contribution < -0.4 is 15.4 Å². The Bertz CT molecular complexity index is 419. The van der Waals surface area contributed by atoms with E-state index in [9.17, 15) is 4.79 Å². The van der Waals surface area contributed by atoms with Crippen LogP contribution in [0.15, 0.2) is 22.7 Å². The monoisotopic (exact) mass is 300 g/mol. The van der Waals surface area contributed by atoms with E-state index >= 15 is 0 Å². The lowest BCUT2D eigenvalue weighted by Gasteiger charge is -2.23. The molecule has 0 saturated carbocycles. The standard InChI is InChI=1S/C12H17BrN2O2/c1-12(2,14-3)11(16)15-10-7-8(17-4)5-6-9(10)13/h5-7,14H,1-4H3,(H,15,16). The van der Waals surface area contributed by atoms with Gasteiger partial charge in [-0.2, -0.15) is 0 Å². The molecule has 0 heterocycles. The molecule has 5 heteroatoms. The van der Waals surface area contributed by atoms with Crippen LogP contribution in [0.4, 0.5) is 5.69 Å². The van der Waals surface area contributed by atoms with E-state index < -0.39 is 5.54 Å². The molecule has 0 saturated heterocycles. The summed E-state index contributed by atoms with van der Waals surface area (Å²) in [5, 5.41) is 5.80. The molecule has 0 aliphatic carbocycles. The van der Waals surface area contributed by atoms with Crippen molar-refractivity contribution in [2.45, 2.75) is 19.4 Å². The minimum absolute atomic E-state index is 0.103. The van der Waals surface area contributed by atoms with Gasteiger partial charge in [0.15, 0.2) is 0 Å². The predicted molar refractivity (Wildman–Crippen MR) is 72.5 cm³/mol. The number of nitrogens with one attached hydrogen (secondary N) is 2. The van der Waals surface area contributed by atoms with Gasteiger partial charge in [-0.05, 0) is 49.0 Å². The predicted octanol–water partition coefficient (Wildman–Crippen LogP) is 2.39. The van der Waals surface area contributed by atoms with Crippen LogP contribution in [0.25, 0.3) is 0 Å². The summed E-state index contributed by atoms with van der Waals surface area (Å²) < 4.78 is 5.93. The molecule has 0 bridgehead atoms. The fourth-order valence-electron chi connectivity index (χ4n) is 1.12. The number of carbonyl (C=O) groups excluding carboxylic acids is 1. The average Bonchev–Trinajstić information content (AvgIpc) is 2.31. The zero-order valence-corrected chi connectivity index (χ0v) is 12.0. The van der Waals surface area contributed by atoms with E-state index in [4.69, 9.17) is 4.74 Å². The van der Waals surface area contributed by atoms with Crippen molar-refractivity contribution in [3.05, 3.63) is 22.7 Å². The van der Waals surface area contributed by atoms with Crippen LogP contribution in [0.5, 0.6) is 5.75 Å². The maximum atomic E-state index is 12.0. The molecule has 4 nitrogen and oxygen atoms in total. The number of ether oxygens (including phenoxy) is 1. The molecule has 1 amide bonds. The van der Waals surface area contributed by atoms with E-state index in [1.165, 1.54) is 0 Å². The second kappa shape index (κ2) is 5.51. The lowest BCUT2D eigenvalue weighted by molar-refractivity contribution is -0.121. The van der Waals surface area contributed by atoms with Gasteiger partial charge in [0, 0.05) is 10.5 Å². The van der Waals surface area contributed by atoms with Gasteiger partial charge in [0.2, 0.25) is 5.91 Å². The molecule has 0 unspecified atom stereocenters. The van der Waals surface area contributed by atoms with Gasteiger partial charge in [-0.25, -0.2) is 0 Å². The smallest absolute Gasteiger partial charge is 0.244 e. The number of hydrogen-bond donors (Lipinski definition) is 2. The number of amides is 1. The average molecular weight is 301 g/mol. The molecule has 1 aromatic carbocycles. The van der Waals surface area contributed by atoms with Crippen LogP contribution in [0, 0.1) is 0 Å². The number of benzene rings is 1. The Labute approximate surface area is 110 Å². The fourth-order valence-corrected chi connectivity index (χ4v) is 1.46. The van der Waals surface area contributed by atoms with E-state index in [1.807, 2.05) is 26.0 Å². The summed E-state index contributed by atoms with van der Waals surface area (Å²) in [5.41, 5.74) is 0.0698. The Morgan fingerprint density at radius 1 is 1.41 bits per heavy atom. The van der Waals surface area contributed by atoms with E-state index in [0.29, 0.717) is 11.4 Å². The zero-order chi connectivity index (χ0) is 13.1. The maximum absolute atomic E-state index is 12.0. The Balaban J connectivity index is 2.91. The molecule has 0 aliphatic rings. The first-order valence-electron chi connectivity index (χ1n) is 5.24. The highest BCUT2D eigenvalue weighted by Gasteiger charge is 2.25. The molecule has 0 radical (unpaired) electrons. The second-order valence-electron chi connectivity index (χ2n) is 4.17. The third kappa shape index (κ3) is 3.44. The molecule has 0 fully saturated rings. The van der Waals surface area contributed by atoms with Gasteiger partial charge in [0.1, 0.15) is 5.75 Å². The molecule has 94 valence electrons. The fraction of sp³-hybridized carbons (Fsp3) is 0.417. The van der Waals surface area contributed by atoms with Gasteiger partial charge < -0.3 is 15.4 Å². The third-order valence-corrected chi connectivity index (χ3v) is 3.31. The van der Waals surface area contributed by atoms with E-state index in [2.05, 4.69) is 26.6 Å². The summed E-state index contributed by atoms with van der Waals surface area (Å²) in [6.07, 6.45) is 0. The minimum Gasteiger partial charge on any atom is -0.497 e. The van der Waals surface area contributed by atoms with Gasteiger partial charge >= 0.3 is 0 Å². The molecule has 0 aromatic heterocycles.